The predicted molar refractivity (Wildman–Crippen MR) is 119 cm³/mol. The van der Waals surface area contributed by atoms with E-state index in [9.17, 15) is 14.7 Å². The summed E-state index contributed by atoms with van der Waals surface area (Å²) in [6.45, 7) is 9.76. The molecule has 30 heavy (non-hydrogen) atoms. The highest BCUT2D eigenvalue weighted by molar-refractivity contribution is 7.97. The van der Waals surface area contributed by atoms with E-state index in [-0.39, 0.29) is 17.0 Å². The van der Waals surface area contributed by atoms with E-state index in [4.69, 9.17) is 0 Å². The first-order chi connectivity index (χ1) is 14.3. The number of hydrogen-bond donors (Lipinski definition) is 1. The maximum atomic E-state index is 15.0. The van der Waals surface area contributed by atoms with Gasteiger partial charge in [0.05, 0.1) is 11.2 Å². The summed E-state index contributed by atoms with van der Waals surface area (Å²) in [5, 5.41) is 10.1. The second-order valence-corrected chi connectivity index (χ2v) is 10.1. The van der Waals surface area contributed by atoms with E-state index in [2.05, 4.69) is 25.1 Å². The van der Waals surface area contributed by atoms with E-state index in [1.54, 1.807) is 6.07 Å². The number of carbonyl (C=O) groups is 1. The van der Waals surface area contributed by atoms with Crippen molar-refractivity contribution in [3.63, 3.8) is 0 Å². The molecule has 1 aromatic carbocycles. The number of benzene rings is 1. The minimum Gasteiger partial charge on any atom is -0.477 e. The van der Waals surface area contributed by atoms with Crippen molar-refractivity contribution in [3.05, 3.63) is 39.9 Å². The number of fused-ring (bicyclic) bond motifs is 1. The van der Waals surface area contributed by atoms with Crippen LogP contribution in [0.2, 0.25) is 0 Å². The van der Waals surface area contributed by atoms with Crippen LogP contribution in [0.25, 0.3) is 10.9 Å². The van der Waals surface area contributed by atoms with Crippen LogP contribution < -0.4 is 10.3 Å². The molecular formula is C22H28FN3O3S. The number of aromatic carboxylic acids is 1. The van der Waals surface area contributed by atoms with Gasteiger partial charge in [0.25, 0.3) is 0 Å². The molecule has 1 N–H and O–H groups in total. The third-order valence-electron chi connectivity index (χ3n) is 6.10. The van der Waals surface area contributed by atoms with Crippen LogP contribution in [0.3, 0.4) is 0 Å². The maximum Gasteiger partial charge on any atom is 0.341 e. The van der Waals surface area contributed by atoms with Crippen LogP contribution in [-0.4, -0.2) is 51.4 Å². The van der Waals surface area contributed by atoms with Crippen LogP contribution in [0.4, 0.5) is 10.1 Å². The maximum absolute atomic E-state index is 15.0. The molecule has 162 valence electrons. The summed E-state index contributed by atoms with van der Waals surface area (Å²) >= 11 is 1.87. The molecule has 0 radical (unpaired) electrons. The molecule has 1 atom stereocenters. The molecule has 0 bridgehead atoms. The average molecular weight is 434 g/mol. The van der Waals surface area contributed by atoms with Gasteiger partial charge in [-0.15, -0.1) is 0 Å². The highest BCUT2D eigenvalue weighted by Crippen LogP contribution is 2.38. The lowest BCUT2D eigenvalue weighted by Crippen LogP contribution is -2.44. The van der Waals surface area contributed by atoms with Crippen molar-refractivity contribution in [2.45, 2.75) is 44.9 Å². The van der Waals surface area contributed by atoms with Gasteiger partial charge in [-0.2, -0.15) is 0 Å². The molecule has 2 heterocycles. The van der Waals surface area contributed by atoms with Crippen molar-refractivity contribution in [2.75, 3.05) is 31.1 Å². The van der Waals surface area contributed by atoms with Crippen LogP contribution in [0.15, 0.2) is 23.1 Å². The Labute approximate surface area is 179 Å². The molecule has 2 aromatic rings. The Bertz CT molecular complexity index is 1030. The molecule has 8 heteroatoms. The minimum absolute atomic E-state index is 0.142. The zero-order valence-corrected chi connectivity index (χ0v) is 18.4. The van der Waals surface area contributed by atoms with Crippen molar-refractivity contribution in [1.29, 1.82) is 0 Å². The van der Waals surface area contributed by atoms with Gasteiger partial charge in [-0.1, -0.05) is 32.7 Å². The lowest BCUT2D eigenvalue weighted by atomic mass is 10.1. The summed E-state index contributed by atoms with van der Waals surface area (Å²) < 4.78 is 19.2. The van der Waals surface area contributed by atoms with Crippen LogP contribution in [0.5, 0.6) is 0 Å². The number of hydrogen-bond acceptors (Lipinski definition) is 5. The van der Waals surface area contributed by atoms with Gasteiger partial charge in [-0.25, -0.2) is 13.5 Å². The highest BCUT2D eigenvalue weighted by Gasteiger charge is 2.28. The zero-order chi connectivity index (χ0) is 21.6. The smallest absolute Gasteiger partial charge is 0.341 e. The fraction of sp³-hybridized carbons (Fsp3) is 0.545. The monoisotopic (exact) mass is 433 g/mol. The van der Waals surface area contributed by atoms with Crippen LogP contribution in [0, 0.1) is 11.7 Å². The first-order valence-corrected chi connectivity index (χ1v) is 11.4. The Morgan fingerprint density at radius 2 is 1.83 bits per heavy atom. The predicted octanol–water partition coefficient (Wildman–Crippen LogP) is 3.99. The van der Waals surface area contributed by atoms with Gasteiger partial charge >= 0.3 is 5.97 Å². The number of piperazine rings is 1. The fourth-order valence-electron chi connectivity index (χ4n) is 3.80. The number of aromatic nitrogens is 1. The van der Waals surface area contributed by atoms with Crippen molar-refractivity contribution < 1.29 is 14.3 Å². The molecule has 1 aromatic heterocycles. The molecular weight excluding hydrogens is 405 g/mol. The Kier molecular flexibility index (Phi) is 5.81. The Morgan fingerprint density at radius 3 is 2.40 bits per heavy atom. The Balaban J connectivity index is 1.64. The molecule has 1 saturated heterocycles. The van der Waals surface area contributed by atoms with Gasteiger partial charge in [0.1, 0.15) is 11.4 Å². The van der Waals surface area contributed by atoms with E-state index >= 15 is 4.39 Å². The second-order valence-electron chi connectivity index (χ2n) is 8.61. The number of rotatable bonds is 6. The van der Waals surface area contributed by atoms with E-state index < -0.39 is 17.2 Å². The van der Waals surface area contributed by atoms with E-state index in [1.165, 1.54) is 12.3 Å². The molecule has 0 spiro atoms. The standard InChI is InChI=1S/C22H28FN3O3S/c1-13(2)14(3)30-25-8-6-24(7-9-25)20-11-19-16(10-18(20)23)21(27)17(22(28)29)12-26(19)15-4-5-15/h10-15H,4-9H2,1-3H3,(H,28,29). The minimum atomic E-state index is -1.27. The van der Waals surface area contributed by atoms with Gasteiger partial charge in [-0.3, -0.25) is 4.79 Å². The van der Waals surface area contributed by atoms with Gasteiger partial charge in [0.15, 0.2) is 0 Å². The largest absolute Gasteiger partial charge is 0.477 e. The molecule has 2 fully saturated rings. The number of carboxylic acid groups (broad SMARTS) is 1. The summed E-state index contributed by atoms with van der Waals surface area (Å²) in [5.74, 6) is -1.15. The number of pyridine rings is 1. The SMILES string of the molecule is CC(C)C(C)SN1CCN(c2cc3c(cc2F)c(=O)c(C(=O)O)cn3C2CC2)CC1. The molecule has 1 aliphatic carbocycles. The third-order valence-corrected chi connectivity index (χ3v) is 7.65. The summed E-state index contributed by atoms with van der Waals surface area (Å²) in [7, 11) is 0. The number of carboxylic acids is 1. The van der Waals surface area contributed by atoms with E-state index in [1.807, 2.05) is 21.4 Å². The van der Waals surface area contributed by atoms with Crippen LogP contribution in [0.1, 0.15) is 50.0 Å². The summed E-state index contributed by atoms with van der Waals surface area (Å²) in [6.07, 6.45) is 3.30. The molecule has 1 aliphatic heterocycles. The van der Waals surface area contributed by atoms with Gasteiger partial charge in [-0.05, 0) is 30.9 Å². The first kappa shape index (κ1) is 21.2. The Morgan fingerprint density at radius 1 is 1.17 bits per heavy atom. The van der Waals surface area contributed by atoms with Crippen LogP contribution >= 0.6 is 11.9 Å². The third kappa shape index (κ3) is 4.07. The summed E-state index contributed by atoms with van der Waals surface area (Å²) in [6, 6.07) is 3.13. The van der Waals surface area contributed by atoms with Crippen molar-refractivity contribution in [1.82, 2.24) is 8.87 Å². The average Bonchev–Trinajstić information content (AvgIpc) is 3.54. The van der Waals surface area contributed by atoms with Crippen molar-refractivity contribution in [3.8, 4) is 0 Å². The van der Waals surface area contributed by atoms with Gasteiger partial charge in [0.2, 0.25) is 5.43 Å². The Hall–Kier alpha value is -2.06. The normalized spacial score (nSPS) is 18.9. The van der Waals surface area contributed by atoms with Crippen molar-refractivity contribution >= 4 is 34.5 Å². The van der Waals surface area contributed by atoms with Crippen LogP contribution in [-0.2, 0) is 0 Å². The topological polar surface area (TPSA) is 65.8 Å². The molecule has 1 saturated carbocycles. The summed E-state index contributed by atoms with van der Waals surface area (Å²) in [5.41, 5.74) is 0.185. The molecule has 6 nitrogen and oxygen atoms in total. The second kappa shape index (κ2) is 8.23. The van der Waals surface area contributed by atoms with Gasteiger partial charge < -0.3 is 14.6 Å². The van der Waals surface area contributed by atoms with Crippen molar-refractivity contribution in [2.24, 2.45) is 5.92 Å². The van der Waals surface area contributed by atoms with Gasteiger partial charge in [0, 0.05) is 49.1 Å². The molecule has 1 unspecified atom stereocenters. The fourth-order valence-corrected chi connectivity index (χ4v) is 4.89. The highest BCUT2D eigenvalue weighted by atomic mass is 32.2. The number of anilines is 1. The molecule has 2 aliphatic rings. The summed E-state index contributed by atoms with van der Waals surface area (Å²) in [4.78, 5) is 26.1. The van der Waals surface area contributed by atoms with E-state index in [0.29, 0.717) is 35.5 Å². The zero-order valence-electron chi connectivity index (χ0n) is 17.6. The molecule has 0 amide bonds. The quantitative estimate of drug-likeness (QED) is 0.695. The lowest BCUT2D eigenvalue weighted by molar-refractivity contribution is 0.0695. The van der Waals surface area contributed by atoms with E-state index in [0.717, 1.165) is 25.9 Å². The number of halogens is 1. The first-order valence-electron chi connectivity index (χ1n) is 10.5. The number of nitrogens with zero attached hydrogens (tertiary/aromatic N) is 3. The lowest BCUT2D eigenvalue weighted by Gasteiger charge is -2.37. The molecule has 4 rings (SSSR count).